The molecule has 0 bridgehead atoms. The standard InChI is InChI=1S/C26H25FNO4P/c1-5-26(33-32,24(29)30)25(4,31)22-20(16(2)3)15-21(17-9-7-6-8-10-17)28-23(22)18-11-13-19(27)14-12-18/h1,6-16,31-33H,2-4H3,(H,29,30). The van der Waals surface area contributed by atoms with Gasteiger partial charge in [-0.2, -0.15) is 0 Å². The third-order valence-electron chi connectivity index (χ3n) is 5.78. The number of carboxylic acid groups (broad SMARTS) is 1. The third-order valence-corrected chi connectivity index (χ3v) is 6.96. The highest BCUT2D eigenvalue weighted by molar-refractivity contribution is 7.35. The van der Waals surface area contributed by atoms with E-state index < -0.39 is 31.4 Å². The van der Waals surface area contributed by atoms with Crippen LogP contribution in [0.4, 0.5) is 4.39 Å². The summed E-state index contributed by atoms with van der Waals surface area (Å²) in [6.45, 7) is 5.08. The SMILES string of the molecule is C#CC(PO)(C(=O)O)C(C)(O)c1c(C(C)C)cc(-c2ccccc2)nc1-c1ccc(F)cc1. The van der Waals surface area contributed by atoms with Gasteiger partial charge in [0.2, 0.25) is 5.16 Å². The van der Waals surface area contributed by atoms with Gasteiger partial charge in [0.05, 0.1) is 11.4 Å². The van der Waals surface area contributed by atoms with Crippen LogP contribution in [0.5, 0.6) is 0 Å². The molecule has 0 aliphatic carbocycles. The molecule has 3 rings (SSSR count). The van der Waals surface area contributed by atoms with Gasteiger partial charge in [-0.05, 0) is 48.7 Å². The molecule has 0 spiro atoms. The minimum absolute atomic E-state index is 0.164. The quantitative estimate of drug-likeness (QED) is 0.340. The molecule has 3 aromatic rings. The van der Waals surface area contributed by atoms with Gasteiger partial charge in [0.1, 0.15) is 11.4 Å². The van der Waals surface area contributed by atoms with Gasteiger partial charge >= 0.3 is 5.97 Å². The van der Waals surface area contributed by atoms with E-state index in [-0.39, 0.29) is 17.2 Å². The monoisotopic (exact) mass is 465 g/mol. The van der Waals surface area contributed by atoms with E-state index in [1.165, 1.54) is 31.2 Å². The molecule has 0 amide bonds. The van der Waals surface area contributed by atoms with E-state index in [2.05, 4.69) is 5.92 Å². The van der Waals surface area contributed by atoms with Crippen molar-refractivity contribution in [3.63, 3.8) is 0 Å². The highest BCUT2D eigenvalue weighted by Gasteiger charge is 2.56. The maximum atomic E-state index is 13.7. The summed E-state index contributed by atoms with van der Waals surface area (Å²) in [5.74, 6) is -0.00936. The zero-order valence-electron chi connectivity index (χ0n) is 18.5. The van der Waals surface area contributed by atoms with Crippen LogP contribution < -0.4 is 0 Å². The molecular weight excluding hydrogens is 440 g/mol. The van der Waals surface area contributed by atoms with Gasteiger partial charge in [0.15, 0.2) is 0 Å². The fraction of sp³-hybridized carbons (Fsp3) is 0.231. The smallest absolute Gasteiger partial charge is 0.331 e. The highest BCUT2D eigenvalue weighted by atomic mass is 31.1. The van der Waals surface area contributed by atoms with E-state index in [4.69, 9.17) is 11.4 Å². The van der Waals surface area contributed by atoms with E-state index in [1.807, 2.05) is 44.2 Å². The van der Waals surface area contributed by atoms with Gasteiger partial charge in [-0.1, -0.05) is 50.1 Å². The number of nitrogens with zero attached hydrogens (tertiary/aromatic N) is 1. The van der Waals surface area contributed by atoms with E-state index in [1.54, 1.807) is 6.07 Å². The lowest BCUT2D eigenvalue weighted by Crippen LogP contribution is -2.52. The van der Waals surface area contributed by atoms with Crippen LogP contribution in [-0.2, 0) is 10.4 Å². The lowest BCUT2D eigenvalue weighted by atomic mass is 9.76. The first kappa shape index (κ1) is 24.5. The van der Waals surface area contributed by atoms with Crippen LogP contribution in [0, 0.1) is 18.2 Å². The van der Waals surface area contributed by atoms with Crippen molar-refractivity contribution in [1.29, 1.82) is 0 Å². The summed E-state index contributed by atoms with van der Waals surface area (Å²) < 4.78 is 13.7. The minimum atomic E-state index is -2.30. The maximum absolute atomic E-state index is 13.7. The van der Waals surface area contributed by atoms with Gasteiger partial charge in [-0.3, -0.25) is 0 Å². The summed E-state index contributed by atoms with van der Waals surface area (Å²) in [7, 11) is -1.28. The van der Waals surface area contributed by atoms with Crippen LogP contribution in [0.25, 0.3) is 22.5 Å². The van der Waals surface area contributed by atoms with Crippen molar-refractivity contribution in [3.8, 4) is 34.9 Å². The van der Waals surface area contributed by atoms with Gasteiger partial charge in [-0.25, -0.2) is 14.2 Å². The van der Waals surface area contributed by atoms with E-state index in [0.717, 1.165) is 5.56 Å². The molecule has 0 aliphatic rings. The van der Waals surface area contributed by atoms with Gasteiger partial charge < -0.3 is 15.1 Å². The maximum Gasteiger partial charge on any atom is 0.331 e. The van der Waals surface area contributed by atoms with Crippen molar-refractivity contribution < 1.29 is 24.3 Å². The van der Waals surface area contributed by atoms with E-state index in [0.29, 0.717) is 16.8 Å². The van der Waals surface area contributed by atoms with Gasteiger partial charge in [0, 0.05) is 25.5 Å². The number of carbonyl (C=O) groups is 1. The van der Waals surface area contributed by atoms with Crippen molar-refractivity contribution in [2.75, 3.05) is 0 Å². The van der Waals surface area contributed by atoms with Crippen molar-refractivity contribution in [2.45, 2.75) is 37.4 Å². The number of aromatic nitrogens is 1. The zero-order chi connectivity index (χ0) is 24.4. The van der Waals surface area contributed by atoms with Crippen molar-refractivity contribution in [2.24, 2.45) is 0 Å². The summed E-state index contributed by atoms with van der Waals surface area (Å²) in [4.78, 5) is 27.1. The number of aliphatic carboxylic acids is 1. The Morgan fingerprint density at radius 3 is 2.21 bits per heavy atom. The molecule has 3 N–H and O–H groups in total. The Bertz CT molecular complexity index is 1200. The summed E-state index contributed by atoms with van der Waals surface area (Å²) in [5.41, 5.74) is 0.767. The molecule has 5 nitrogen and oxygen atoms in total. The number of rotatable bonds is 7. The Labute approximate surface area is 194 Å². The van der Waals surface area contributed by atoms with Gasteiger partial charge in [0.25, 0.3) is 0 Å². The molecule has 7 heteroatoms. The number of carboxylic acids is 1. The molecule has 0 aliphatic heterocycles. The van der Waals surface area contributed by atoms with Crippen LogP contribution in [0.15, 0.2) is 60.7 Å². The second-order valence-electron chi connectivity index (χ2n) is 8.23. The van der Waals surface area contributed by atoms with Crippen LogP contribution in [0.1, 0.15) is 37.8 Å². The number of hydrogen-bond acceptors (Lipinski definition) is 4. The Balaban J connectivity index is 2.47. The molecule has 0 saturated carbocycles. The summed E-state index contributed by atoms with van der Waals surface area (Å²) >= 11 is 0. The molecule has 33 heavy (non-hydrogen) atoms. The number of halogens is 1. The first-order valence-corrected chi connectivity index (χ1v) is 11.2. The van der Waals surface area contributed by atoms with Crippen LogP contribution in [0.2, 0.25) is 0 Å². The van der Waals surface area contributed by atoms with Crippen molar-refractivity contribution >= 4 is 14.8 Å². The molecule has 0 radical (unpaired) electrons. The predicted octanol–water partition coefficient (Wildman–Crippen LogP) is 4.93. The minimum Gasteiger partial charge on any atom is -0.480 e. The lowest BCUT2D eigenvalue weighted by molar-refractivity contribution is -0.145. The topological polar surface area (TPSA) is 90.7 Å². The van der Waals surface area contributed by atoms with Crippen molar-refractivity contribution in [3.05, 3.63) is 77.6 Å². The fourth-order valence-electron chi connectivity index (χ4n) is 3.89. The number of pyridine rings is 1. The molecular formula is C26H25FNO4P. The Morgan fingerprint density at radius 1 is 1.12 bits per heavy atom. The van der Waals surface area contributed by atoms with E-state index in [9.17, 15) is 24.3 Å². The number of benzene rings is 2. The fourth-order valence-corrected chi connectivity index (χ4v) is 4.40. The van der Waals surface area contributed by atoms with Crippen LogP contribution in [-0.4, -0.2) is 31.2 Å². The molecule has 1 heterocycles. The Kier molecular flexibility index (Phi) is 7.00. The Hall–Kier alpha value is -3.10. The second-order valence-corrected chi connectivity index (χ2v) is 9.21. The molecule has 1 aromatic heterocycles. The molecule has 0 fully saturated rings. The Morgan fingerprint density at radius 2 is 1.73 bits per heavy atom. The first-order valence-electron chi connectivity index (χ1n) is 10.3. The van der Waals surface area contributed by atoms with Crippen LogP contribution in [0.3, 0.4) is 0 Å². The first-order chi connectivity index (χ1) is 15.6. The van der Waals surface area contributed by atoms with E-state index >= 15 is 0 Å². The normalized spacial score (nSPS) is 15.2. The summed E-state index contributed by atoms with van der Waals surface area (Å²) in [5, 5.41) is 19.4. The largest absolute Gasteiger partial charge is 0.480 e. The molecule has 3 atom stereocenters. The number of hydrogen-bond donors (Lipinski definition) is 3. The molecule has 2 aromatic carbocycles. The molecule has 0 saturated heterocycles. The van der Waals surface area contributed by atoms with Crippen molar-refractivity contribution in [1.82, 2.24) is 4.98 Å². The highest BCUT2D eigenvalue weighted by Crippen LogP contribution is 2.50. The average molecular weight is 465 g/mol. The number of aliphatic hydroxyl groups is 1. The predicted molar refractivity (Wildman–Crippen MR) is 128 cm³/mol. The van der Waals surface area contributed by atoms with Gasteiger partial charge in [-0.15, -0.1) is 6.42 Å². The average Bonchev–Trinajstić information content (AvgIpc) is 2.80. The number of terminal acetylenes is 1. The van der Waals surface area contributed by atoms with Crippen LogP contribution >= 0.6 is 8.81 Å². The second kappa shape index (κ2) is 9.41. The lowest BCUT2D eigenvalue weighted by Gasteiger charge is -2.39. The summed E-state index contributed by atoms with van der Waals surface area (Å²) in [6, 6.07) is 16.7. The molecule has 3 unspecified atom stereocenters. The summed E-state index contributed by atoms with van der Waals surface area (Å²) in [6.07, 6.45) is 5.58. The molecule has 170 valence electrons. The third kappa shape index (κ3) is 4.28. The zero-order valence-corrected chi connectivity index (χ0v) is 19.5.